The lowest BCUT2D eigenvalue weighted by molar-refractivity contribution is 0.541. The minimum Gasteiger partial charge on any atom is -0.440 e. The SMILES string of the molecule is Cc1oc(-c2ccccc2)nc1I. The van der Waals surface area contributed by atoms with Crippen LogP contribution in [0.15, 0.2) is 34.7 Å². The lowest BCUT2D eigenvalue weighted by atomic mass is 10.2. The molecule has 13 heavy (non-hydrogen) atoms. The van der Waals surface area contributed by atoms with Crippen molar-refractivity contribution in [2.24, 2.45) is 0 Å². The quantitative estimate of drug-likeness (QED) is 0.752. The summed E-state index contributed by atoms with van der Waals surface area (Å²) >= 11 is 2.17. The molecule has 0 amide bonds. The number of halogens is 1. The second-order valence-electron chi connectivity index (χ2n) is 2.73. The standard InChI is InChI=1S/C10H8INO/c1-7-9(11)12-10(13-7)8-5-3-2-4-6-8/h2-6H,1H3. The Morgan fingerprint density at radius 1 is 1.23 bits per heavy atom. The highest BCUT2D eigenvalue weighted by Gasteiger charge is 2.07. The van der Waals surface area contributed by atoms with Crippen LogP contribution in [0.2, 0.25) is 0 Å². The molecular weight excluding hydrogens is 277 g/mol. The van der Waals surface area contributed by atoms with Gasteiger partial charge in [0.15, 0.2) is 0 Å². The van der Waals surface area contributed by atoms with Gasteiger partial charge >= 0.3 is 0 Å². The van der Waals surface area contributed by atoms with Crippen LogP contribution in [0.3, 0.4) is 0 Å². The van der Waals surface area contributed by atoms with Crippen LogP contribution in [-0.2, 0) is 0 Å². The first-order valence-corrected chi connectivity index (χ1v) is 5.03. The maximum Gasteiger partial charge on any atom is 0.227 e. The van der Waals surface area contributed by atoms with E-state index in [-0.39, 0.29) is 0 Å². The van der Waals surface area contributed by atoms with Gasteiger partial charge in [-0.2, -0.15) is 0 Å². The number of nitrogens with zero attached hydrogens (tertiary/aromatic N) is 1. The van der Waals surface area contributed by atoms with E-state index in [1.807, 2.05) is 37.3 Å². The molecule has 0 aliphatic carbocycles. The Morgan fingerprint density at radius 3 is 2.46 bits per heavy atom. The lowest BCUT2D eigenvalue weighted by Crippen LogP contribution is -1.75. The molecule has 0 aliphatic rings. The Morgan fingerprint density at radius 2 is 1.92 bits per heavy atom. The number of aromatic nitrogens is 1. The molecule has 0 saturated heterocycles. The highest BCUT2D eigenvalue weighted by molar-refractivity contribution is 14.1. The molecule has 0 unspecified atom stereocenters. The van der Waals surface area contributed by atoms with Crippen LogP contribution in [0.25, 0.3) is 11.5 Å². The topological polar surface area (TPSA) is 26.0 Å². The Balaban J connectivity index is 2.48. The summed E-state index contributed by atoms with van der Waals surface area (Å²) in [5.74, 6) is 1.57. The number of oxazole rings is 1. The molecule has 3 heteroatoms. The molecular formula is C10H8INO. The summed E-state index contributed by atoms with van der Waals surface area (Å²) < 4.78 is 6.41. The zero-order chi connectivity index (χ0) is 9.26. The third kappa shape index (κ3) is 1.75. The van der Waals surface area contributed by atoms with Gasteiger partial charge in [0.05, 0.1) is 0 Å². The minimum absolute atomic E-state index is 0.697. The first-order valence-electron chi connectivity index (χ1n) is 3.96. The average molecular weight is 285 g/mol. The molecule has 0 radical (unpaired) electrons. The number of benzene rings is 1. The molecule has 2 aromatic rings. The average Bonchev–Trinajstić information content (AvgIpc) is 2.49. The van der Waals surface area contributed by atoms with Crippen molar-refractivity contribution in [2.75, 3.05) is 0 Å². The van der Waals surface area contributed by atoms with Crippen LogP contribution in [-0.4, -0.2) is 4.98 Å². The van der Waals surface area contributed by atoms with Gasteiger partial charge in [-0.15, -0.1) is 0 Å². The Bertz CT molecular complexity index is 389. The van der Waals surface area contributed by atoms with E-state index in [0.717, 1.165) is 15.0 Å². The van der Waals surface area contributed by atoms with E-state index in [4.69, 9.17) is 4.42 Å². The molecule has 0 saturated carbocycles. The van der Waals surface area contributed by atoms with Crippen molar-refractivity contribution in [2.45, 2.75) is 6.92 Å². The molecule has 2 nitrogen and oxygen atoms in total. The molecule has 1 heterocycles. The van der Waals surface area contributed by atoms with E-state index >= 15 is 0 Å². The summed E-state index contributed by atoms with van der Waals surface area (Å²) in [7, 11) is 0. The van der Waals surface area contributed by atoms with Gasteiger partial charge in [0.2, 0.25) is 5.89 Å². The predicted molar refractivity (Wildman–Crippen MR) is 59.4 cm³/mol. The molecule has 0 N–H and O–H groups in total. The Labute approximate surface area is 90.1 Å². The van der Waals surface area contributed by atoms with E-state index in [2.05, 4.69) is 27.6 Å². The highest BCUT2D eigenvalue weighted by atomic mass is 127. The fourth-order valence-electron chi connectivity index (χ4n) is 1.08. The number of hydrogen-bond acceptors (Lipinski definition) is 2. The van der Waals surface area contributed by atoms with E-state index in [9.17, 15) is 0 Å². The number of aryl methyl sites for hydroxylation is 1. The van der Waals surface area contributed by atoms with Gasteiger partial charge in [0, 0.05) is 5.56 Å². The highest BCUT2D eigenvalue weighted by Crippen LogP contribution is 2.21. The van der Waals surface area contributed by atoms with Gasteiger partial charge in [-0.05, 0) is 41.6 Å². The van der Waals surface area contributed by atoms with Crippen molar-refractivity contribution in [1.29, 1.82) is 0 Å². The summed E-state index contributed by atoms with van der Waals surface area (Å²) in [6.07, 6.45) is 0. The zero-order valence-electron chi connectivity index (χ0n) is 7.12. The largest absolute Gasteiger partial charge is 0.440 e. The van der Waals surface area contributed by atoms with Gasteiger partial charge in [-0.1, -0.05) is 18.2 Å². The van der Waals surface area contributed by atoms with Crippen molar-refractivity contribution in [3.05, 3.63) is 39.8 Å². The first-order chi connectivity index (χ1) is 6.27. The van der Waals surface area contributed by atoms with E-state index < -0.39 is 0 Å². The van der Waals surface area contributed by atoms with Crippen LogP contribution < -0.4 is 0 Å². The van der Waals surface area contributed by atoms with E-state index in [1.165, 1.54) is 0 Å². The van der Waals surface area contributed by atoms with Crippen LogP contribution in [0.5, 0.6) is 0 Å². The molecule has 0 fully saturated rings. The summed E-state index contributed by atoms with van der Waals surface area (Å²) in [4.78, 5) is 4.30. The minimum atomic E-state index is 0.697. The van der Waals surface area contributed by atoms with Crippen LogP contribution in [0.1, 0.15) is 5.76 Å². The van der Waals surface area contributed by atoms with Crippen LogP contribution in [0, 0.1) is 10.6 Å². The van der Waals surface area contributed by atoms with Gasteiger partial charge < -0.3 is 4.42 Å². The summed E-state index contributed by atoms with van der Waals surface area (Å²) in [6, 6.07) is 9.90. The zero-order valence-corrected chi connectivity index (χ0v) is 9.28. The fourth-order valence-corrected chi connectivity index (χ4v) is 1.41. The maximum absolute atomic E-state index is 5.48. The van der Waals surface area contributed by atoms with Crippen molar-refractivity contribution in [1.82, 2.24) is 4.98 Å². The van der Waals surface area contributed by atoms with Gasteiger partial charge in [0.1, 0.15) is 9.46 Å². The molecule has 1 aromatic heterocycles. The van der Waals surface area contributed by atoms with Gasteiger partial charge in [-0.25, -0.2) is 4.98 Å². The fraction of sp³-hybridized carbons (Fsp3) is 0.100. The van der Waals surface area contributed by atoms with Gasteiger partial charge in [0.25, 0.3) is 0 Å². The van der Waals surface area contributed by atoms with Crippen LogP contribution in [0.4, 0.5) is 0 Å². The number of hydrogen-bond donors (Lipinski definition) is 0. The molecule has 0 spiro atoms. The molecule has 0 atom stereocenters. The van der Waals surface area contributed by atoms with Crippen LogP contribution >= 0.6 is 22.6 Å². The summed E-state index contributed by atoms with van der Waals surface area (Å²) in [5.41, 5.74) is 1.02. The van der Waals surface area contributed by atoms with Crippen molar-refractivity contribution in [3.8, 4) is 11.5 Å². The monoisotopic (exact) mass is 285 g/mol. The second kappa shape index (κ2) is 3.49. The van der Waals surface area contributed by atoms with Crippen molar-refractivity contribution in [3.63, 3.8) is 0 Å². The third-order valence-electron chi connectivity index (χ3n) is 1.76. The first kappa shape index (κ1) is 8.74. The number of rotatable bonds is 1. The molecule has 1 aromatic carbocycles. The molecule has 2 rings (SSSR count). The van der Waals surface area contributed by atoms with Crippen molar-refractivity contribution < 1.29 is 4.42 Å². The lowest BCUT2D eigenvalue weighted by Gasteiger charge is -1.91. The van der Waals surface area contributed by atoms with Gasteiger partial charge in [-0.3, -0.25) is 0 Å². The normalized spacial score (nSPS) is 10.3. The molecule has 66 valence electrons. The second-order valence-corrected chi connectivity index (χ2v) is 3.75. The third-order valence-corrected chi connectivity index (χ3v) is 2.76. The molecule has 0 aliphatic heterocycles. The summed E-state index contributed by atoms with van der Waals surface area (Å²) in [5, 5.41) is 0. The Kier molecular flexibility index (Phi) is 2.35. The smallest absolute Gasteiger partial charge is 0.227 e. The maximum atomic E-state index is 5.48. The predicted octanol–water partition coefficient (Wildman–Crippen LogP) is 3.25. The Hall–Kier alpha value is -0.840. The van der Waals surface area contributed by atoms with E-state index in [0.29, 0.717) is 5.89 Å². The van der Waals surface area contributed by atoms with E-state index in [1.54, 1.807) is 0 Å². The summed E-state index contributed by atoms with van der Waals surface area (Å²) in [6.45, 7) is 1.92. The molecule has 0 bridgehead atoms. The van der Waals surface area contributed by atoms with Crippen molar-refractivity contribution >= 4 is 22.6 Å².